The number of nitrogens with zero attached hydrogens (tertiary/aromatic N) is 1. The van der Waals surface area contributed by atoms with Crippen molar-refractivity contribution in [3.8, 4) is 0 Å². The Kier molecular flexibility index (Phi) is 4.32. The highest BCUT2D eigenvalue weighted by atomic mass is 16.5. The zero-order chi connectivity index (χ0) is 14.8. The van der Waals surface area contributed by atoms with E-state index >= 15 is 0 Å². The molecule has 1 saturated carbocycles. The molecule has 1 aromatic heterocycles. The normalized spacial score (nSPS) is 16.8. The topological polar surface area (TPSA) is 87.4 Å². The number of urea groups is 1. The molecule has 112 valence electrons. The van der Waals surface area contributed by atoms with Crippen LogP contribution in [0.5, 0.6) is 0 Å². The predicted molar refractivity (Wildman–Crippen MR) is 75.6 cm³/mol. The number of carbonyl (C=O) groups is 1. The molecule has 0 aliphatic heterocycles. The average molecular weight is 281 g/mol. The van der Waals surface area contributed by atoms with Gasteiger partial charge >= 0.3 is 6.03 Å². The van der Waals surface area contributed by atoms with Crippen LogP contribution in [0.3, 0.4) is 0 Å². The van der Waals surface area contributed by atoms with Crippen molar-refractivity contribution in [3.63, 3.8) is 0 Å². The number of anilines is 1. The van der Waals surface area contributed by atoms with Crippen LogP contribution in [0, 0.1) is 5.92 Å². The van der Waals surface area contributed by atoms with Gasteiger partial charge in [-0.1, -0.05) is 25.9 Å². The zero-order valence-corrected chi connectivity index (χ0v) is 12.3. The molecule has 0 spiro atoms. The lowest BCUT2D eigenvalue weighted by Crippen LogP contribution is -2.39. The van der Waals surface area contributed by atoms with E-state index in [0.717, 1.165) is 18.6 Å². The maximum absolute atomic E-state index is 11.9. The Balaban J connectivity index is 1.89. The van der Waals surface area contributed by atoms with Gasteiger partial charge in [0.2, 0.25) is 0 Å². The van der Waals surface area contributed by atoms with Crippen molar-refractivity contribution in [2.75, 3.05) is 11.9 Å². The molecule has 0 saturated heterocycles. The minimum atomic E-state index is -0.302. The molecule has 0 bridgehead atoms. The third-order valence-electron chi connectivity index (χ3n) is 3.44. The molecule has 1 atom stereocenters. The van der Waals surface area contributed by atoms with Gasteiger partial charge < -0.3 is 14.9 Å². The number of aromatic nitrogens is 1. The summed E-state index contributed by atoms with van der Waals surface area (Å²) in [6.45, 7) is 6.13. The fraction of sp³-hybridized carbons (Fsp3) is 0.714. The lowest BCUT2D eigenvalue weighted by molar-refractivity contribution is 0.234. The van der Waals surface area contributed by atoms with E-state index in [0.29, 0.717) is 18.2 Å². The van der Waals surface area contributed by atoms with Crippen molar-refractivity contribution in [2.24, 2.45) is 5.92 Å². The molecule has 2 rings (SSSR count). The van der Waals surface area contributed by atoms with Crippen molar-refractivity contribution < 1.29 is 14.4 Å². The van der Waals surface area contributed by atoms with E-state index in [9.17, 15) is 4.79 Å². The van der Waals surface area contributed by atoms with E-state index in [1.165, 1.54) is 0 Å². The van der Waals surface area contributed by atoms with Crippen molar-refractivity contribution in [2.45, 2.75) is 51.5 Å². The molecule has 20 heavy (non-hydrogen) atoms. The molecular weight excluding hydrogens is 258 g/mol. The van der Waals surface area contributed by atoms with Gasteiger partial charge in [0.25, 0.3) is 0 Å². The van der Waals surface area contributed by atoms with Crippen molar-refractivity contribution in [1.29, 1.82) is 0 Å². The van der Waals surface area contributed by atoms with Gasteiger partial charge in [0.05, 0.1) is 0 Å². The second-order valence-electron chi connectivity index (χ2n) is 6.38. The molecule has 1 aliphatic carbocycles. The van der Waals surface area contributed by atoms with Crippen molar-refractivity contribution in [3.05, 3.63) is 11.8 Å². The van der Waals surface area contributed by atoms with Crippen molar-refractivity contribution in [1.82, 2.24) is 10.5 Å². The number of aliphatic hydroxyl groups is 1. The Morgan fingerprint density at radius 2 is 2.25 bits per heavy atom. The van der Waals surface area contributed by atoms with Crippen LogP contribution in [0.1, 0.15) is 45.8 Å². The Hall–Kier alpha value is -1.56. The third-order valence-corrected chi connectivity index (χ3v) is 3.44. The molecule has 1 aromatic rings. The van der Waals surface area contributed by atoms with Crippen LogP contribution in [0.25, 0.3) is 0 Å². The Morgan fingerprint density at radius 3 is 2.75 bits per heavy atom. The SMILES string of the molecule is CC(C)(C)c1cc(NC(=O)NC(CCO)C2CC2)no1. The Morgan fingerprint density at radius 1 is 1.55 bits per heavy atom. The summed E-state index contributed by atoms with van der Waals surface area (Å²) in [4.78, 5) is 11.9. The van der Waals surface area contributed by atoms with Crippen LogP contribution < -0.4 is 10.6 Å². The van der Waals surface area contributed by atoms with Gasteiger partial charge in [0.1, 0.15) is 5.76 Å². The highest BCUT2D eigenvalue weighted by Gasteiger charge is 2.32. The number of carbonyl (C=O) groups excluding carboxylic acids is 1. The van der Waals surface area contributed by atoms with Crippen LogP contribution >= 0.6 is 0 Å². The molecule has 0 aromatic carbocycles. The first kappa shape index (κ1) is 14.8. The number of hydrogen-bond acceptors (Lipinski definition) is 4. The molecule has 3 N–H and O–H groups in total. The fourth-order valence-corrected chi connectivity index (χ4v) is 2.07. The highest BCUT2D eigenvalue weighted by Crippen LogP contribution is 2.34. The quantitative estimate of drug-likeness (QED) is 0.772. The van der Waals surface area contributed by atoms with Crippen LogP contribution in [0.15, 0.2) is 10.6 Å². The standard InChI is InChI=1S/C14H23N3O3/c1-14(2,3)11-8-12(17-20-11)16-13(19)15-10(6-7-18)9-4-5-9/h8-10,18H,4-7H2,1-3H3,(H2,15,16,17,19). The van der Waals surface area contributed by atoms with E-state index in [2.05, 4.69) is 15.8 Å². The molecule has 2 amide bonds. The van der Waals surface area contributed by atoms with Gasteiger partial charge in [-0.3, -0.25) is 5.32 Å². The minimum absolute atomic E-state index is 0.0361. The van der Waals surface area contributed by atoms with Gasteiger partial charge in [-0.25, -0.2) is 4.79 Å². The highest BCUT2D eigenvalue weighted by molar-refractivity contribution is 5.88. The van der Waals surface area contributed by atoms with Gasteiger partial charge in [-0.15, -0.1) is 0 Å². The number of rotatable bonds is 5. The number of amides is 2. The summed E-state index contributed by atoms with van der Waals surface area (Å²) in [5.74, 6) is 1.63. The molecule has 6 nitrogen and oxygen atoms in total. The van der Waals surface area contributed by atoms with E-state index in [4.69, 9.17) is 9.63 Å². The molecule has 1 aliphatic rings. The van der Waals surface area contributed by atoms with Crippen LogP contribution in [-0.4, -0.2) is 28.9 Å². The monoisotopic (exact) mass is 281 g/mol. The Labute approximate surface area is 118 Å². The minimum Gasteiger partial charge on any atom is -0.396 e. The molecule has 1 heterocycles. The lowest BCUT2D eigenvalue weighted by atomic mass is 9.93. The van der Waals surface area contributed by atoms with E-state index in [1.54, 1.807) is 6.07 Å². The van der Waals surface area contributed by atoms with E-state index < -0.39 is 0 Å². The zero-order valence-electron chi connectivity index (χ0n) is 12.3. The second-order valence-corrected chi connectivity index (χ2v) is 6.38. The summed E-state index contributed by atoms with van der Waals surface area (Å²) in [7, 11) is 0. The Bertz CT molecular complexity index is 460. The largest absolute Gasteiger partial charge is 0.396 e. The van der Waals surface area contributed by atoms with Crippen LogP contribution in [0.4, 0.5) is 10.6 Å². The molecular formula is C14H23N3O3. The molecule has 1 fully saturated rings. The first-order chi connectivity index (χ1) is 9.40. The van der Waals surface area contributed by atoms with Gasteiger partial charge in [-0.05, 0) is 25.2 Å². The number of nitrogens with one attached hydrogen (secondary N) is 2. The summed E-state index contributed by atoms with van der Waals surface area (Å²) in [5, 5.41) is 18.4. The average Bonchev–Trinajstić information content (AvgIpc) is 3.08. The molecule has 1 unspecified atom stereocenters. The third kappa shape index (κ3) is 3.96. The van der Waals surface area contributed by atoms with E-state index in [1.807, 2.05) is 20.8 Å². The van der Waals surface area contributed by atoms with Gasteiger partial charge in [0.15, 0.2) is 5.82 Å². The number of aliphatic hydroxyl groups excluding tert-OH is 1. The fourth-order valence-electron chi connectivity index (χ4n) is 2.07. The first-order valence-corrected chi connectivity index (χ1v) is 7.05. The summed E-state index contributed by atoms with van der Waals surface area (Å²) in [6.07, 6.45) is 2.82. The second kappa shape index (κ2) is 5.83. The van der Waals surface area contributed by atoms with Crippen LogP contribution in [-0.2, 0) is 5.41 Å². The summed E-state index contributed by atoms with van der Waals surface area (Å²) in [5.41, 5.74) is -0.142. The number of hydrogen-bond donors (Lipinski definition) is 3. The maximum atomic E-state index is 11.9. The van der Waals surface area contributed by atoms with Crippen LogP contribution in [0.2, 0.25) is 0 Å². The van der Waals surface area contributed by atoms with Gasteiger partial charge in [-0.2, -0.15) is 0 Å². The summed E-state index contributed by atoms with van der Waals surface area (Å²) < 4.78 is 5.21. The maximum Gasteiger partial charge on any atom is 0.320 e. The first-order valence-electron chi connectivity index (χ1n) is 7.05. The molecule has 6 heteroatoms. The molecule has 0 radical (unpaired) electrons. The van der Waals surface area contributed by atoms with Gasteiger partial charge in [0, 0.05) is 24.1 Å². The van der Waals surface area contributed by atoms with E-state index in [-0.39, 0.29) is 24.1 Å². The summed E-state index contributed by atoms with van der Waals surface area (Å²) >= 11 is 0. The summed E-state index contributed by atoms with van der Waals surface area (Å²) in [6, 6.07) is 1.47. The predicted octanol–water partition coefficient (Wildman–Crippen LogP) is 2.25. The van der Waals surface area contributed by atoms with Crippen molar-refractivity contribution >= 4 is 11.8 Å². The smallest absolute Gasteiger partial charge is 0.320 e. The lowest BCUT2D eigenvalue weighted by Gasteiger charge is -2.16.